The first-order valence-electron chi connectivity index (χ1n) is 8.02. The Balaban J connectivity index is 1.86. The van der Waals surface area contributed by atoms with Gasteiger partial charge in [-0.05, 0) is 26.7 Å². The lowest BCUT2D eigenvalue weighted by molar-refractivity contribution is -0.148. The molecule has 10 heteroatoms. The molecule has 0 N–H and O–H groups in total. The second-order valence-electron chi connectivity index (χ2n) is 5.91. The Morgan fingerprint density at radius 2 is 2.00 bits per heavy atom. The van der Waals surface area contributed by atoms with Gasteiger partial charge >= 0.3 is 12.1 Å². The second kappa shape index (κ2) is 6.49. The highest BCUT2D eigenvalue weighted by Gasteiger charge is 2.37. The molecule has 25 heavy (non-hydrogen) atoms. The number of carbonyl (C=O) groups excluding carboxylic acids is 1. The van der Waals surface area contributed by atoms with Gasteiger partial charge in [-0.15, -0.1) is 5.10 Å². The van der Waals surface area contributed by atoms with E-state index in [0.717, 1.165) is 4.52 Å². The number of nitrogens with zero attached hydrogens (tertiary/aromatic N) is 5. The van der Waals surface area contributed by atoms with Gasteiger partial charge in [0.15, 0.2) is 0 Å². The monoisotopic (exact) mass is 357 g/mol. The molecule has 7 nitrogen and oxygen atoms in total. The van der Waals surface area contributed by atoms with Crippen LogP contribution in [0.4, 0.5) is 19.0 Å². The average molecular weight is 357 g/mol. The number of rotatable bonds is 3. The summed E-state index contributed by atoms with van der Waals surface area (Å²) in [5.74, 6) is -1.22. The van der Waals surface area contributed by atoms with Gasteiger partial charge in [-0.25, -0.2) is 4.98 Å². The summed E-state index contributed by atoms with van der Waals surface area (Å²) in [4.78, 5) is 21.2. The van der Waals surface area contributed by atoms with E-state index in [-0.39, 0.29) is 17.7 Å². The van der Waals surface area contributed by atoms with Crippen molar-refractivity contribution in [3.8, 4) is 0 Å². The van der Waals surface area contributed by atoms with Crippen molar-refractivity contribution in [1.82, 2.24) is 19.6 Å². The highest BCUT2D eigenvalue weighted by molar-refractivity contribution is 5.72. The predicted molar refractivity (Wildman–Crippen MR) is 82.1 cm³/mol. The van der Waals surface area contributed by atoms with E-state index < -0.39 is 12.0 Å². The number of piperidine rings is 1. The minimum Gasteiger partial charge on any atom is -0.466 e. The normalized spacial score (nSPS) is 16.4. The second-order valence-corrected chi connectivity index (χ2v) is 5.91. The first-order valence-corrected chi connectivity index (χ1v) is 8.02. The number of carbonyl (C=O) groups is 1. The Hall–Kier alpha value is -2.39. The fourth-order valence-corrected chi connectivity index (χ4v) is 2.92. The third kappa shape index (κ3) is 3.52. The first-order chi connectivity index (χ1) is 11.8. The van der Waals surface area contributed by atoms with Crippen LogP contribution < -0.4 is 4.90 Å². The number of ether oxygens (including phenoxy) is 1. The summed E-state index contributed by atoms with van der Waals surface area (Å²) >= 11 is 0. The van der Waals surface area contributed by atoms with Crippen LogP contribution in [0.25, 0.3) is 5.78 Å². The van der Waals surface area contributed by atoms with Crippen LogP contribution in [0.1, 0.15) is 31.3 Å². The van der Waals surface area contributed by atoms with Crippen LogP contribution in [0.5, 0.6) is 0 Å². The number of aromatic nitrogens is 4. The van der Waals surface area contributed by atoms with E-state index >= 15 is 0 Å². The number of esters is 1. The van der Waals surface area contributed by atoms with Crippen LogP contribution in [0.15, 0.2) is 6.07 Å². The quantitative estimate of drug-likeness (QED) is 0.785. The van der Waals surface area contributed by atoms with E-state index in [2.05, 4.69) is 15.1 Å². The number of aryl methyl sites for hydroxylation is 1. The van der Waals surface area contributed by atoms with Gasteiger partial charge in [0.25, 0.3) is 11.6 Å². The zero-order valence-electron chi connectivity index (χ0n) is 13.9. The molecule has 2 aromatic rings. The topological polar surface area (TPSA) is 72.6 Å². The molecule has 0 aliphatic carbocycles. The Morgan fingerprint density at radius 1 is 1.32 bits per heavy atom. The lowest BCUT2D eigenvalue weighted by Crippen LogP contribution is -2.38. The molecule has 0 spiro atoms. The van der Waals surface area contributed by atoms with Gasteiger partial charge in [0.1, 0.15) is 5.82 Å². The van der Waals surface area contributed by atoms with Crippen LogP contribution in [0, 0.1) is 12.8 Å². The molecule has 3 rings (SSSR count). The summed E-state index contributed by atoms with van der Waals surface area (Å²) in [7, 11) is 0. The van der Waals surface area contributed by atoms with E-state index in [1.165, 1.54) is 0 Å². The maximum atomic E-state index is 12.9. The summed E-state index contributed by atoms with van der Waals surface area (Å²) in [5.41, 5.74) is 0.552. The molecule has 0 atom stereocenters. The number of halogens is 3. The molecular weight excluding hydrogens is 339 g/mol. The number of alkyl halides is 3. The van der Waals surface area contributed by atoms with Crippen molar-refractivity contribution >= 4 is 17.6 Å². The number of hydrogen-bond acceptors (Lipinski definition) is 6. The lowest BCUT2D eigenvalue weighted by atomic mass is 9.97. The highest BCUT2D eigenvalue weighted by Crippen LogP contribution is 2.29. The standard InChI is InChI=1S/C15H18F3N5O2/c1-3-25-12(24)10-4-6-22(7-5-10)11-8-9(2)19-14-20-13(15(16,17)18)21-23(11)14/h8,10H,3-7H2,1-2H3. The van der Waals surface area contributed by atoms with Gasteiger partial charge in [0, 0.05) is 24.8 Å². The molecule has 0 saturated carbocycles. The molecule has 1 aliphatic heterocycles. The van der Waals surface area contributed by atoms with Crippen molar-refractivity contribution in [3.05, 3.63) is 17.6 Å². The number of hydrogen-bond donors (Lipinski definition) is 0. The Labute approximate surface area is 141 Å². The van der Waals surface area contributed by atoms with Gasteiger partial charge in [0.05, 0.1) is 12.5 Å². The van der Waals surface area contributed by atoms with Gasteiger partial charge in [0.2, 0.25) is 0 Å². The van der Waals surface area contributed by atoms with E-state index in [1.54, 1.807) is 19.9 Å². The fourth-order valence-electron chi connectivity index (χ4n) is 2.92. The molecule has 0 unspecified atom stereocenters. The zero-order valence-corrected chi connectivity index (χ0v) is 13.9. The van der Waals surface area contributed by atoms with Crippen LogP contribution in [0.2, 0.25) is 0 Å². The maximum absolute atomic E-state index is 12.9. The molecule has 3 heterocycles. The maximum Gasteiger partial charge on any atom is 0.453 e. The molecule has 2 aromatic heterocycles. The van der Waals surface area contributed by atoms with Crippen molar-refractivity contribution in [1.29, 1.82) is 0 Å². The minimum atomic E-state index is -4.63. The zero-order chi connectivity index (χ0) is 18.2. The van der Waals surface area contributed by atoms with E-state index in [4.69, 9.17) is 4.74 Å². The highest BCUT2D eigenvalue weighted by atomic mass is 19.4. The Kier molecular flexibility index (Phi) is 4.53. The SMILES string of the molecule is CCOC(=O)C1CCN(c2cc(C)nc3nc(C(F)(F)F)nn23)CC1. The van der Waals surface area contributed by atoms with Crippen LogP contribution in [-0.4, -0.2) is 45.2 Å². The molecule has 1 saturated heterocycles. The minimum absolute atomic E-state index is 0.0881. The molecule has 0 aromatic carbocycles. The molecular formula is C15H18F3N5O2. The molecule has 0 amide bonds. The molecule has 1 aliphatic rings. The third-order valence-corrected chi connectivity index (χ3v) is 4.11. The number of fused-ring (bicyclic) bond motifs is 1. The summed E-state index contributed by atoms with van der Waals surface area (Å²) < 4.78 is 44.8. The van der Waals surface area contributed by atoms with Crippen molar-refractivity contribution in [2.45, 2.75) is 32.9 Å². The largest absolute Gasteiger partial charge is 0.466 e. The van der Waals surface area contributed by atoms with E-state index in [0.29, 0.717) is 44.0 Å². The average Bonchev–Trinajstić information content (AvgIpc) is 2.98. The molecule has 136 valence electrons. The first kappa shape index (κ1) is 17.4. The lowest BCUT2D eigenvalue weighted by Gasteiger charge is -2.32. The van der Waals surface area contributed by atoms with Crippen molar-refractivity contribution in [2.24, 2.45) is 5.92 Å². The summed E-state index contributed by atoms with van der Waals surface area (Å²) in [5, 5.41) is 3.57. The van der Waals surface area contributed by atoms with Gasteiger partial charge in [-0.3, -0.25) is 4.79 Å². The predicted octanol–water partition coefficient (Wildman–Crippen LogP) is 2.23. The van der Waals surface area contributed by atoms with Gasteiger partial charge in [-0.1, -0.05) is 0 Å². The molecule has 1 fully saturated rings. The smallest absolute Gasteiger partial charge is 0.453 e. The third-order valence-electron chi connectivity index (χ3n) is 4.11. The van der Waals surface area contributed by atoms with Crippen molar-refractivity contribution < 1.29 is 22.7 Å². The van der Waals surface area contributed by atoms with E-state index in [9.17, 15) is 18.0 Å². The Bertz CT molecular complexity index is 781. The summed E-state index contributed by atoms with van der Waals surface area (Å²) in [6, 6.07) is 1.67. The van der Waals surface area contributed by atoms with Crippen molar-refractivity contribution in [3.63, 3.8) is 0 Å². The van der Waals surface area contributed by atoms with Crippen LogP contribution in [0.3, 0.4) is 0 Å². The van der Waals surface area contributed by atoms with Gasteiger partial charge in [-0.2, -0.15) is 22.7 Å². The molecule has 0 radical (unpaired) electrons. The summed E-state index contributed by atoms with van der Waals surface area (Å²) in [6.07, 6.45) is -3.49. The van der Waals surface area contributed by atoms with Crippen molar-refractivity contribution in [2.75, 3.05) is 24.6 Å². The Morgan fingerprint density at radius 3 is 2.60 bits per heavy atom. The number of anilines is 1. The molecule has 0 bridgehead atoms. The van der Waals surface area contributed by atoms with Gasteiger partial charge < -0.3 is 9.64 Å². The van der Waals surface area contributed by atoms with Crippen LogP contribution >= 0.6 is 0 Å². The van der Waals surface area contributed by atoms with E-state index in [1.807, 2.05) is 4.90 Å². The van der Waals surface area contributed by atoms with Crippen LogP contribution in [-0.2, 0) is 15.7 Å². The summed E-state index contributed by atoms with van der Waals surface area (Å²) in [6.45, 7) is 4.82. The fraction of sp³-hybridized carbons (Fsp3) is 0.600.